The highest BCUT2D eigenvalue weighted by molar-refractivity contribution is 5.53. The number of carbonyl (C=O) groups excluding carboxylic acids is 1. The van der Waals surface area contributed by atoms with Gasteiger partial charge in [-0.15, -0.1) is 0 Å². The molecule has 76 valence electrons. The minimum absolute atomic E-state index is 0.305. The third-order valence-electron chi connectivity index (χ3n) is 3.24. The Morgan fingerprint density at radius 2 is 2.14 bits per heavy atom. The highest BCUT2D eigenvalue weighted by Crippen LogP contribution is 2.34. The molecule has 0 atom stereocenters. The first kappa shape index (κ1) is 9.44. The van der Waals surface area contributed by atoms with Crippen LogP contribution < -0.4 is 0 Å². The van der Waals surface area contributed by atoms with Gasteiger partial charge in [0.25, 0.3) is 0 Å². The summed E-state index contributed by atoms with van der Waals surface area (Å²) in [5.41, 5.74) is 1.31. The van der Waals surface area contributed by atoms with Gasteiger partial charge in [0.1, 0.15) is 6.29 Å². The number of hydrogen-bond donors (Lipinski definition) is 0. The first-order valence-corrected chi connectivity index (χ1v) is 5.24. The third-order valence-corrected chi connectivity index (χ3v) is 3.24. The van der Waals surface area contributed by atoms with Crippen LogP contribution in [-0.4, -0.2) is 16.1 Å². The Balaban J connectivity index is 2.02. The topological polar surface area (TPSA) is 34.9 Å². The van der Waals surface area contributed by atoms with Crippen LogP contribution in [0.25, 0.3) is 0 Å². The second kappa shape index (κ2) is 3.95. The van der Waals surface area contributed by atoms with Gasteiger partial charge in [-0.3, -0.25) is 4.68 Å². The number of aldehydes is 1. The Morgan fingerprint density at radius 3 is 2.64 bits per heavy atom. The molecule has 0 spiro atoms. The molecule has 0 aromatic carbocycles. The van der Waals surface area contributed by atoms with Gasteiger partial charge in [0.05, 0.1) is 0 Å². The molecule has 3 nitrogen and oxygen atoms in total. The Kier molecular flexibility index (Phi) is 2.66. The summed E-state index contributed by atoms with van der Waals surface area (Å²) in [7, 11) is 1.99. The first-order valence-electron chi connectivity index (χ1n) is 5.24. The summed E-state index contributed by atoms with van der Waals surface area (Å²) < 4.78 is 1.95. The summed E-state index contributed by atoms with van der Waals surface area (Å²) in [6.07, 6.45) is 7.30. The van der Waals surface area contributed by atoms with E-state index in [1.54, 1.807) is 0 Å². The van der Waals surface area contributed by atoms with E-state index < -0.39 is 0 Å². The first-order chi connectivity index (χ1) is 6.81. The fourth-order valence-electron chi connectivity index (χ4n) is 2.34. The molecule has 0 saturated heterocycles. The lowest BCUT2D eigenvalue weighted by Crippen LogP contribution is -2.16. The van der Waals surface area contributed by atoms with Crippen LogP contribution in [0.3, 0.4) is 0 Å². The number of aryl methyl sites for hydroxylation is 1. The van der Waals surface area contributed by atoms with E-state index in [-0.39, 0.29) is 0 Å². The van der Waals surface area contributed by atoms with Crippen LogP contribution >= 0.6 is 0 Å². The molecule has 1 aliphatic carbocycles. The minimum Gasteiger partial charge on any atom is -0.303 e. The van der Waals surface area contributed by atoms with Crippen molar-refractivity contribution in [2.45, 2.75) is 31.6 Å². The van der Waals surface area contributed by atoms with E-state index in [1.165, 1.54) is 5.69 Å². The number of rotatable bonds is 2. The van der Waals surface area contributed by atoms with Crippen molar-refractivity contribution >= 4 is 6.29 Å². The highest BCUT2D eigenvalue weighted by atomic mass is 16.1. The second-order valence-electron chi connectivity index (χ2n) is 4.13. The standard InChI is InChI=1S/C11H16N2O/c1-13-11(6-7-12-13)10-4-2-9(8-14)3-5-10/h6-10H,2-5H2,1H3. The molecule has 1 heterocycles. The molecular formula is C11H16N2O. The summed E-state index contributed by atoms with van der Waals surface area (Å²) in [6.45, 7) is 0. The lowest BCUT2D eigenvalue weighted by Gasteiger charge is -2.25. The quantitative estimate of drug-likeness (QED) is 0.671. The number of nitrogens with zero attached hydrogens (tertiary/aromatic N) is 2. The smallest absolute Gasteiger partial charge is 0.123 e. The molecule has 2 rings (SSSR count). The fraction of sp³-hybridized carbons (Fsp3) is 0.636. The Bertz CT molecular complexity index is 311. The molecule has 0 bridgehead atoms. The van der Waals surface area contributed by atoms with Gasteiger partial charge in [-0.25, -0.2) is 0 Å². The molecule has 0 amide bonds. The molecule has 0 unspecified atom stereocenters. The summed E-state index contributed by atoms with van der Waals surface area (Å²) in [5.74, 6) is 0.915. The van der Waals surface area contributed by atoms with E-state index in [9.17, 15) is 4.79 Å². The van der Waals surface area contributed by atoms with Crippen molar-refractivity contribution < 1.29 is 4.79 Å². The lowest BCUT2D eigenvalue weighted by atomic mass is 9.81. The zero-order valence-electron chi connectivity index (χ0n) is 8.52. The summed E-state index contributed by atoms with van der Waals surface area (Å²) in [5, 5.41) is 4.18. The molecule has 0 aliphatic heterocycles. The van der Waals surface area contributed by atoms with Crippen LogP contribution in [0, 0.1) is 5.92 Å². The van der Waals surface area contributed by atoms with Crippen molar-refractivity contribution in [2.24, 2.45) is 13.0 Å². The largest absolute Gasteiger partial charge is 0.303 e. The zero-order valence-corrected chi connectivity index (χ0v) is 8.52. The molecule has 0 radical (unpaired) electrons. The van der Waals surface area contributed by atoms with Crippen molar-refractivity contribution in [1.82, 2.24) is 9.78 Å². The summed E-state index contributed by atoms with van der Waals surface area (Å²) >= 11 is 0. The average Bonchev–Trinajstić information content (AvgIpc) is 2.65. The van der Waals surface area contributed by atoms with E-state index in [0.29, 0.717) is 11.8 Å². The highest BCUT2D eigenvalue weighted by Gasteiger charge is 2.23. The van der Waals surface area contributed by atoms with Crippen molar-refractivity contribution in [1.29, 1.82) is 0 Å². The molecule has 0 N–H and O–H groups in total. The van der Waals surface area contributed by atoms with Crippen LogP contribution in [0.1, 0.15) is 37.3 Å². The monoisotopic (exact) mass is 192 g/mol. The van der Waals surface area contributed by atoms with Crippen molar-refractivity contribution in [3.63, 3.8) is 0 Å². The SMILES string of the molecule is Cn1nccc1C1CCC(C=O)CC1. The van der Waals surface area contributed by atoms with Crippen LogP contribution in [-0.2, 0) is 11.8 Å². The van der Waals surface area contributed by atoms with Gasteiger partial charge in [0.15, 0.2) is 0 Å². The van der Waals surface area contributed by atoms with Crippen molar-refractivity contribution in [3.05, 3.63) is 18.0 Å². The van der Waals surface area contributed by atoms with E-state index in [0.717, 1.165) is 32.0 Å². The molecule has 1 aliphatic rings. The third kappa shape index (κ3) is 1.72. The molecule has 3 heteroatoms. The molecule has 1 aromatic rings. The predicted octanol–water partition coefficient (Wildman–Crippen LogP) is 1.89. The minimum atomic E-state index is 0.305. The molecule has 14 heavy (non-hydrogen) atoms. The van der Waals surface area contributed by atoms with Gasteiger partial charge in [-0.2, -0.15) is 5.10 Å². The van der Waals surface area contributed by atoms with E-state index in [2.05, 4.69) is 11.2 Å². The maximum atomic E-state index is 10.6. The van der Waals surface area contributed by atoms with E-state index in [1.807, 2.05) is 17.9 Å². The number of aromatic nitrogens is 2. The van der Waals surface area contributed by atoms with Crippen LogP contribution in [0.15, 0.2) is 12.3 Å². The molecule has 1 saturated carbocycles. The van der Waals surface area contributed by atoms with Gasteiger partial charge in [-0.1, -0.05) is 0 Å². The van der Waals surface area contributed by atoms with Gasteiger partial charge in [0, 0.05) is 30.8 Å². The van der Waals surface area contributed by atoms with Crippen LogP contribution in [0.5, 0.6) is 0 Å². The maximum Gasteiger partial charge on any atom is 0.123 e. The average molecular weight is 192 g/mol. The van der Waals surface area contributed by atoms with Gasteiger partial charge >= 0.3 is 0 Å². The van der Waals surface area contributed by atoms with Gasteiger partial charge < -0.3 is 4.79 Å². The zero-order chi connectivity index (χ0) is 9.97. The van der Waals surface area contributed by atoms with Crippen molar-refractivity contribution in [2.75, 3.05) is 0 Å². The summed E-state index contributed by atoms with van der Waals surface area (Å²) in [6, 6.07) is 2.09. The van der Waals surface area contributed by atoms with Gasteiger partial charge in [0.2, 0.25) is 0 Å². The predicted molar refractivity (Wildman–Crippen MR) is 54.0 cm³/mol. The Labute approximate surface area is 84.1 Å². The molecule has 1 aromatic heterocycles. The Hall–Kier alpha value is -1.12. The maximum absolute atomic E-state index is 10.6. The van der Waals surface area contributed by atoms with Crippen LogP contribution in [0.2, 0.25) is 0 Å². The van der Waals surface area contributed by atoms with Gasteiger partial charge in [-0.05, 0) is 31.7 Å². The van der Waals surface area contributed by atoms with E-state index in [4.69, 9.17) is 0 Å². The second-order valence-corrected chi connectivity index (χ2v) is 4.13. The van der Waals surface area contributed by atoms with E-state index >= 15 is 0 Å². The normalized spacial score (nSPS) is 27.5. The van der Waals surface area contributed by atoms with Crippen LogP contribution in [0.4, 0.5) is 0 Å². The lowest BCUT2D eigenvalue weighted by molar-refractivity contribution is -0.111. The molecule has 1 fully saturated rings. The fourth-order valence-corrected chi connectivity index (χ4v) is 2.34. The summed E-state index contributed by atoms with van der Waals surface area (Å²) in [4.78, 5) is 10.6. The van der Waals surface area contributed by atoms with Crippen molar-refractivity contribution in [3.8, 4) is 0 Å². The number of hydrogen-bond acceptors (Lipinski definition) is 2. The Morgan fingerprint density at radius 1 is 1.43 bits per heavy atom. The number of carbonyl (C=O) groups is 1. The molecular weight excluding hydrogens is 176 g/mol.